The molecule has 0 aliphatic carbocycles. The molecule has 2 aromatic rings. The van der Waals surface area contributed by atoms with Crippen LogP contribution in [0.4, 0.5) is 11.4 Å². The van der Waals surface area contributed by atoms with Crippen molar-refractivity contribution in [2.24, 2.45) is 0 Å². The highest BCUT2D eigenvalue weighted by Gasteiger charge is 2.19. The van der Waals surface area contributed by atoms with Gasteiger partial charge in [-0.05, 0) is 36.4 Å². The minimum Gasteiger partial charge on any atom is -0.378 e. The van der Waals surface area contributed by atoms with Crippen LogP contribution in [0, 0.1) is 0 Å². The molecule has 1 saturated heterocycles. The largest absolute Gasteiger partial charge is 0.378 e. The van der Waals surface area contributed by atoms with Gasteiger partial charge in [0.2, 0.25) is 0 Å². The predicted octanol–water partition coefficient (Wildman–Crippen LogP) is 4.08. The molecule has 0 saturated carbocycles. The maximum absolute atomic E-state index is 12.4. The molecule has 1 N–H and O–H groups in total. The van der Waals surface area contributed by atoms with Crippen molar-refractivity contribution in [3.8, 4) is 0 Å². The molecule has 0 aromatic heterocycles. The molecule has 2 aromatic carbocycles. The number of anilines is 2. The molecule has 120 valence electrons. The minimum absolute atomic E-state index is 0.196. The lowest BCUT2D eigenvalue weighted by atomic mass is 10.2. The van der Waals surface area contributed by atoms with E-state index in [4.69, 9.17) is 27.9 Å². The highest BCUT2D eigenvalue weighted by Crippen LogP contribution is 2.34. The Bertz CT molecular complexity index is 698. The van der Waals surface area contributed by atoms with E-state index in [9.17, 15) is 4.79 Å². The topological polar surface area (TPSA) is 41.6 Å². The highest BCUT2D eigenvalue weighted by atomic mass is 35.5. The van der Waals surface area contributed by atoms with Gasteiger partial charge in [0.15, 0.2) is 0 Å². The Morgan fingerprint density at radius 1 is 1.04 bits per heavy atom. The van der Waals surface area contributed by atoms with E-state index in [1.165, 1.54) is 0 Å². The number of morpholine rings is 1. The minimum atomic E-state index is -0.196. The van der Waals surface area contributed by atoms with Gasteiger partial charge in [-0.1, -0.05) is 29.3 Å². The zero-order valence-electron chi connectivity index (χ0n) is 12.4. The number of nitrogens with one attached hydrogen (secondary N) is 1. The summed E-state index contributed by atoms with van der Waals surface area (Å²) in [7, 11) is 0. The second-order valence-electron chi connectivity index (χ2n) is 5.20. The van der Waals surface area contributed by atoms with Gasteiger partial charge in [0.25, 0.3) is 5.91 Å². The van der Waals surface area contributed by atoms with Crippen LogP contribution in [0.5, 0.6) is 0 Å². The zero-order valence-corrected chi connectivity index (χ0v) is 13.9. The number of hydrogen-bond donors (Lipinski definition) is 1. The fraction of sp³-hybridized carbons (Fsp3) is 0.235. The van der Waals surface area contributed by atoms with Gasteiger partial charge in [0.05, 0.1) is 29.6 Å². The first-order valence-electron chi connectivity index (χ1n) is 7.33. The van der Waals surface area contributed by atoms with Gasteiger partial charge in [0, 0.05) is 23.7 Å². The maximum Gasteiger partial charge on any atom is 0.255 e. The van der Waals surface area contributed by atoms with Gasteiger partial charge >= 0.3 is 0 Å². The van der Waals surface area contributed by atoms with Crippen molar-refractivity contribution in [3.05, 3.63) is 58.1 Å². The van der Waals surface area contributed by atoms with Crippen LogP contribution in [0.25, 0.3) is 0 Å². The van der Waals surface area contributed by atoms with E-state index in [1.807, 2.05) is 18.2 Å². The molecule has 1 fully saturated rings. The summed E-state index contributed by atoms with van der Waals surface area (Å²) in [6.45, 7) is 2.78. The van der Waals surface area contributed by atoms with Crippen molar-refractivity contribution >= 4 is 40.5 Å². The van der Waals surface area contributed by atoms with Gasteiger partial charge in [-0.15, -0.1) is 0 Å². The Morgan fingerprint density at radius 3 is 2.43 bits per heavy atom. The van der Waals surface area contributed by atoms with Gasteiger partial charge in [-0.3, -0.25) is 4.79 Å². The van der Waals surface area contributed by atoms with Crippen LogP contribution >= 0.6 is 23.2 Å². The molecule has 1 amide bonds. The molecule has 1 aliphatic heterocycles. The van der Waals surface area contributed by atoms with Crippen molar-refractivity contribution in [1.29, 1.82) is 0 Å². The summed E-state index contributed by atoms with van der Waals surface area (Å²) in [6, 6.07) is 12.3. The van der Waals surface area contributed by atoms with Crippen LogP contribution in [0.15, 0.2) is 42.5 Å². The number of nitrogens with zero attached hydrogens (tertiary/aromatic N) is 1. The summed E-state index contributed by atoms with van der Waals surface area (Å²) < 4.78 is 5.38. The number of carbonyl (C=O) groups excluding carboxylic acids is 1. The molecule has 1 aliphatic rings. The normalized spacial score (nSPS) is 14.6. The molecule has 4 nitrogen and oxygen atoms in total. The Balaban J connectivity index is 1.86. The quantitative estimate of drug-likeness (QED) is 0.906. The maximum atomic E-state index is 12.4. The van der Waals surface area contributed by atoms with Crippen LogP contribution in [0.1, 0.15) is 10.4 Å². The van der Waals surface area contributed by atoms with Crippen LogP contribution < -0.4 is 10.2 Å². The second kappa shape index (κ2) is 7.21. The second-order valence-corrected chi connectivity index (χ2v) is 6.04. The van der Waals surface area contributed by atoms with Gasteiger partial charge in [-0.25, -0.2) is 0 Å². The lowest BCUT2D eigenvalue weighted by molar-refractivity contribution is 0.102. The van der Waals surface area contributed by atoms with Crippen LogP contribution in [-0.4, -0.2) is 32.2 Å². The van der Waals surface area contributed by atoms with Crippen LogP contribution in [-0.2, 0) is 4.74 Å². The Morgan fingerprint density at radius 2 is 1.74 bits per heavy atom. The monoisotopic (exact) mass is 350 g/mol. The Hall–Kier alpha value is -1.75. The fourth-order valence-electron chi connectivity index (χ4n) is 2.52. The molecule has 0 spiro atoms. The SMILES string of the molecule is O=C(Nc1cccc(Cl)c1N1CCOCC1)c1ccc(Cl)cc1. The lowest BCUT2D eigenvalue weighted by Crippen LogP contribution is -2.37. The van der Waals surface area contributed by atoms with Gasteiger partial charge in [0.1, 0.15) is 0 Å². The Kier molecular flexibility index (Phi) is 5.06. The van der Waals surface area contributed by atoms with Crippen molar-refractivity contribution in [3.63, 3.8) is 0 Å². The number of carbonyl (C=O) groups is 1. The van der Waals surface area contributed by atoms with Crippen molar-refractivity contribution in [2.75, 3.05) is 36.5 Å². The number of benzene rings is 2. The van der Waals surface area contributed by atoms with Gasteiger partial charge < -0.3 is 15.0 Å². The first-order valence-corrected chi connectivity index (χ1v) is 8.09. The molecule has 0 atom stereocenters. The van der Waals surface area contributed by atoms with Crippen molar-refractivity contribution in [1.82, 2.24) is 0 Å². The first-order chi connectivity index (χ1) is 11.1. The van der Waals surface area contributed by atoms with Crippen molar-refractivity contribution in [2.45, 2.75) is 0 Å². The highest BCUT2D eigenvalue weighted by molar-refractivity contribution is 6.34. The molecule has 0 bridgehead atoms. The van der Waals surface area contributed by atoms with E-state index in [0.717, 1.165) is 18.8 Å². The predicted molar refractivity (Wildman–Crippen MR) is 93.9 cm³/mol. The molecular formula is C17H16Cl2N2O2. The zero-order chi connectivity index (χ0) is 16.2. The van der Waals surface area contributed by atoms with Crippen molar-refractivity contribution < 1.29 is 9.53 Å². The van der Waals surface area contributed by atoms with E-state index in [0.29, 0.717) is 34.5 Å². The summed E-state index contributed by atoms with van der Waals surface area (Å²) >= 11 is 12.2. The summed E-state index contributed by atoms with van der Waals surface area (Å²) in [4.78, 5) is 14.6. The van der Waals surface area contributed by atoms with E-state index < -0.39 is 0 Å². The van der Waals surface area contributed by atoms with Crippen LogP contribution in [0.3, 0.4) is 0 Å². The number of amides is 1. The smallest absolute Gasteiger partial charge is 0.255 e. The van der Waals surface area contributed by atoms with Gasteiger partial charge in [-0.2, -0.15) is 0 Å². The third-order valence-corrected chi connectivity index (χ3v) is 4.23. The number of hydrogen-bond acceptors (Lipinski definition) is 3. The fourth-order valence-corrected chi connectivity index (χ4v) is 2.94. The van der Waals surface area contributed by atoms with E-state index in [1.54, 1.807) is 24.3 Å². The third-order valence-electron chi connectivity index (χ3n) is 3.67. The first kappa shape index (κ1) is 16.1. The number of halogens is 2. The van der Waals surface area contributed by atoms with E-state index >= 15 is 0 Å². The third kappa shape index (κ3) is 3.78. The molecule has 3 rings (SSSR count). The van der Waals surface area contributed by atoms with Crippen LogP contribution in [0.2, 0.25) is 10.0 Å². The molecular weight excluding hydrogens is 335 g/mol. The average Bonchev–Trinajstić information content (AvgIpc) is 2.56. The number of ether oxygens (including phenoxy) is 1. The summed E-state index contributed by atoms with van der Waals surface area (Å²) in [5.41, 5.74) is 2.07. The summed E-state index contributed by atoms with van der Waals surface area (Å²) in [5, 5.41) is 4.14. The molecule has 0 radical (unpaired) electrons. The Labute approximate surface area is 144 Å². The molecule has 6 heteroatoms. The molecule has 0 unspecified atom stereocenters. The summed E-state index contributed by atoms with van der Waals surface area (Å²) in [6.07, 6.45) is 0. The number of para-hydroxylation sites is 1. The standard InChI is InChI=1S/C17H16Cl2N2O2/c18-13-6-4-12(5-7-13)17(22)20-15-3-1-2-14(19)16(15)21-8-10-23-11-9-21/h1-7H,8-11H2,(H,20,22). The number of rotatable bonds is 3. The molecule has 1 heterocycles. The van der Waals surface area contributed by atoms with E-state index in [-0.39, 0.29) is 5.91 Å². The summed E-state index contributed by atoms with van der Waals surface area (Å²) in [5.74, 6) is -0.196. The average molecular weight is 351 g/mol. The van der Waals surface area contributed by atoms with E-state index in [2.05, 4.69) is 10.2 Å². The lowest BCUT2D eigenvalue weighted by Gasteiger charge is -2.31. The molecule has 23 heavy (non-hydrogen) atoms.